The van der Waals surface area contributed by atoms with Crippen LogP contribution in [-0.2, 0) is 10.0 Å². The predicted octanol–water partition coefficient (Wildman–Crippen LogP) is 4.79. The highest BCUT2D eigenvalue weighted by Gasteiger charge is 2.15. The van der Waals surface area contributed by atoms with Crippen LogP contribution in [-0.4, -0.2) is 13.4 Å². The van der Waals surface area contributed by atoms with E-state index in [1.54, 1.807) is 67.2 Å². The number of hydrogen-bond donors (Lipinski definition) is 2. The molecule has 0 radical (unpaired) electrons. The quantitative estimate of drug-likeness (QED) is 0.502. The molecule has 0 saturated carbocycles. The second-order valence-corrected chi connectivity index (χ2v) is 7.32. The Kier molecular flexibility index (Phi) is 5.34. The van der Waals surface area contributed by atoms with Crippen molar-refractivity contribution in [2.24, 2.45) is 0 Å². The van der Waals surface area contributed by atoms with Gasteiger partial charge in [-0.25, -0.2) is 8.42 Å². The number of fused-ring (bicyclic) bond motifs is 1. The Labute approximate surface area is 162 Å². The van der Waals surface area contributed by atoms with E-state index >= 15 is 0 Å². The summed E-state index contributed by atoms with van der Waals surface area (Å²) in [6, 6.07) is 17.1. The zero-order valence-electron chi connectivity index (χ0n) is 14.0. The first-order valence-electron chi connectivity index (χ1n) is 7.88. The van der Waals surface area contributed by atoms with Gasteiger partial charge in [0.15, 0.2) is 5.58 Å². The molecule has 0 bridgehead atoms. The Morgan fingerprint density at radius 2 is 1.63 bits per heavy atom. The van der Waals surface area contributed by atoms with Crippen LogP contribution in [0.4, 0.5) is 17.1 Å². The fraction of sp³-hybridized carbons (Fsp3) is 0. The van der Waals surface area contributed by atoms with Crippen LogP contribution in [0.3, 0.4) is 0 Å². The minimum Gasteiger partial charge on any atom is -0.462 e. The lowest BCUT2D eigenvalue weighted by molar-refractivity contribution is 0.601. The molecule has 0 aliphatic carbocycles. The fourth-order valence-corrected chi connectivity index (χ4v) is 3.70. The first-order chi connectivity index (χ1) is 12.6. The number of aromatic nitrogens is 1. The van der Waals surface area contributed by atoms with Gasteiger partial charge in [-0.3, -0.25) is 9.71 Å². The highest BCUT2D eigenvalue weighted by molar-refractivity contribution is 7.92. The van der Waals surface area contributed by atoms with Gasteiger partial charge in [0.1, 0.15) is 0 Å². The summed E-state index contributed by atoms with van der Waals surface area (Å²) in [5.74, 6) is 0. The molecule has 27 heavy (non-hydrogen) atoms. The molecule has 8 heteroatoms. The molecule has 2 N–H and O–H groups in total. The number of benzene rings is 2. The van der Waals surface area contributed by atoms with E-state index in [4.69, 9.17) is 4.42 Å². The van der Waals surface area contributed by atoms with E-state index < -0.39 is 10.0 Å². The number of sulfonamides is 1. The molecule has 0 spiro atoms. The van der Waals surface area contributed by atoms with Crippen LogP contribution < -0.4 is 10.0 Å². The summed E-state index contributed by atoms with van der Waals surface area (Å²) in [5.41, 5.74) is 2.56. The molecule has 4 aromatic rings. The van der Waals surface area contributed by atoms with Crippen LogP contribution in [0.15, 0.2) is 88.6 Å². The van der Waals surface area contributed by atoms with Crippen molar-refractivity contribution in [3.05, 3.63) is 79.3 Å². The highest BCUT2D eigenvalue weighted by Crippen LogP contribution is 2.32. The topological polar surface area (TPSA) is 84.2 Å². The maximum Gasteiger partial charge on any atom is 0.261 e. The van der Waals surface area contributed by atoms with Gasteiger partial charge in [0.25, 0.3) is 10.0 Å². The number of rotatable bonds is 5. The smallest absolute Gasteiger partial charge is 0.261 e. The number of nitrogens with zero attached hydrogens (tertiary/aromatic N) is 1. The van der Waals surface area contributed by atoms with Crippen molar-refractivity contribution in [1.29, 1.82) is 0 Å². The Balaban J connectivity index is 0.00000210. The standard InChI is InChI=1S/C19H15N3O3S.ClH/c23-26(24,17-4-2-1-3-5-17)22-16-12-14-8-11-25-19(14)18(13-16)21-15-6-9-20-10-7-15;/h1-13,22H,(H,20,21);1H. The molecule has 0 fully saturated rings. The average molecular weight is 402 g/mol. The molecule has 0 amide bonds. The zero-order valence-corrected chi connectivity index (χ0v) is 15.6. The molecule has 2 aromatic carbocycles. The maximum atomic E-state index is 12.6. The number of nitrogens with one attached hydrogen (secondary N) is 2. The molecular formula is C19H16ClN3O3S. The lowest BCUT2D eigenvalue weighted by atomic mass is 10.2. The summed E-state index contributed by atoms with van der Waals surface area (Å²) in [7, 11) is -3.67. The third-order valence-electron chi connectivity index (χ3n) is 3.82. The van der Waals surface area contributed by atoms with Gasteiger partial charge in [-0.15, -0.1) is 12.4 Å². The lowest BCUT2D eigenvalue weighted by Crippen LogP contribution is -2.12. The summed E-state index contributed by atoms with van der Waals surface area (Å²) in [5, 5.41) is 4.02. The molecule has 0 saturated heterocycles. The van der Waals surface area contributed by atoms with E-state index in [1.165, 1.54) is 0 Å². The predicted molar refractivity (Wildman–Crippen MR) is 108 cm³/mol. The largest absolute Gasteiger partial charge is 0.462 e. The number of anilines is 3. The van der Waals surface area contributed by atoms with Gasteiger partial charge in [-0.05, 0) is 42.5 Å². The van der Waals surface area contributed by atoms with Crippen molar-refractivity contribution in [2.45, 2.75) is 4.90 Å². The van der Waals surface area contributed by atoms with Crippen LogP contribution in [0.5, 0.6) is 0 Å². The molecule has 4 rings (SSSR count). The minimum atomic E-state index is -3.67. The van der Waals surface area contributed by atoms with Crippen molar-refractivity contribution < 1.29 is 12.8 Å². The third kappa shape index (κ3) is 4.05. The van der Waals surface area contributed by atoms with Crippen LogP contribution in [0, 0.1) is 0 Å². The van der Waals surface area contributed by atoms with E-state index in [2.05, 4.69) is 15.0 Å². The van der Waals surface area contributed by atoms with Gasteiger partial charge in [0.2, 0.25) is 0 Å². The normalized spacial score (nSPS) is 11.0. The molecular weight excluding hydrogens is 386 g/mol. The Morgan fingerprint density at radius 1 is 0.889 bits per heavy atom. The molecule has 6 nitrogen and oxygen atoms in total. The van der Waals surface area contributed by atoms with Crippen LogP contribution in [0.25, 0.3) is 11.0 Å². The van der Waals surface area contributed by atoms with E-state index in [0.29, 0.717) is 17.0 Å². The Bertz CT molecular complexity index is 1150. The molecule has 0 unspecified atom stereocenters. The summed E-state index contributed by atoms with van der Waals surface area (Å²) >= 11 is 0. The van der Waals surface area contributed by atoms with Gasteiger partial charge in [-0.1, -0.05) is 18.2 Å². The second-order valence-electron chi connectivity index (χ2n) is 5.64. The van der Waals surface area contributed by atoms with Gasteiger partial charge in [-0.2, -0.15) is 0 Å². The van der Waals surface area contributed by atoms with Crippen LogP contribution in [0.1, 0.15) is 0 Å². The number of pyridine rings is 1. The number of furan rings is 1. The van der Waals surface area contributed by atoms with E-state index in [9.17, 15) is 8.42 Å². The van der Waals surface area contributed by atoms with Gasteiger partial charge in [0, 0.05) is 23.5 Å². The van der Waals surface area contributed by atoms with Crippen molar-refractivity contribution in [2.75, 3.05) is 10.0 Å². The number of hydrogen-bond acceptors (Lipinski definition) is 5. The van der Waals surface area contributed by atoms with E-state index in [-0.39, 0.29) is 17.3 Å². The molecule has 2 aromatic heterocycles. The maximum absolute atomic E-state index is 12.6. The summed E-state index contributed by atoms with van der Waals surface area (Å²) in [6.45, 7) is 0. The SMILES string of the molecule is Cl.O=S(=O)(Nc1cc(Nc2ccncc2)c2occc2c1)c1ccccc1. The van der Waals surface area contributed by atoms with Crippen molar-refractivity contribution in [3.8, 4) is 0 Å². The average Bonchev–Trinajstić information content (AvgIpc) is 3.12. The Hall–Kier alpha value is -3.03. The lowest BCUT2D eigenvalue weighted by Gasteiger charge is -2.12. The Morgan fingerprint density at radius 3 is 2.37 bits per heavy atom. The number of halogens is 1. The van der Waals surface area contributed by atoms with E-state index in [1.807, 2.05) is 12.1 Å². The summed E-state index contributed by atoms with van der Waals surface area (Å²) in [6.07, 6.45) is 4.91. The van der Waals surface area contributed by atoms with Gasteiger partial charge >= 0.3 is 0 Å². The minimum absolute atomic E-state index is 0. The van der Waals surface area contributed by atoms with E-state index in [0.717, 1.165) is 11.1 Å². The molecule has 138 valence electrons. The molecule has 0 aliphatic heterocycles. The van der Waals surface area contributed by atoms with Crippen LogP contribution >= 0.6 is 12.4 Å². The molecule has 0 aliphatic rings. The highest BCUT2D eigenvalue weighted by atomic mass is 35.5. The zero-order chi connectivity index (χ0) is 18.0. The van der Waals surface area contributed by atoms with Crippen LogP contribution in [0.2, 0.25) is 0 Å². The van der Waals surface area contributed by atoms with Gasteiger partial charge in [0.05, 0.1) is 22.5 Å². The molecule has 2 heterocycles. The third-order valence-corrected chi connectivity index (χ3v) is 5.21. The van der Waals surface area contributed by atoms with Gasteiger partial charge < -0.3 is 9.73 Å². The first-order valence-corrected chi connectivity index (χ1v) is 9.36. The monoisotopic (exact) mass is 401 g/mol. The second kappa shape index (κ2) is 7.69. The summed E-state index contributed by atoms with van der Waals surface area (Å²) < 4.78 is 33.3. The van der Waals surface area contributed by atoms with Crippen molar-refractivity contribution in [3.63, 3.8) is 0 Å². The summed E-state index contributed by atoms with van der Waals surface area (Å²) in [4.78, 5) is 4.19. The fourth-order valence-electron chi connectivity index (χ4n) is 2.64. The van der Waals surface area contributed by atoms with Crippen molar-refractivity contribution in [1.82, 2.24) is 4.98 Å². The first kappa shape index (κ1) is 18.8. The van der Waals surface area contributed by atoms with Crippen molar-refractivity contribution >= 4 is 50.5 Å². The molecule has 0 atom stereocenters.